The third-order valence-electron chi connectivity index (χ3n) is 8.68. The lowest BCUT2D eigenvalue weighted by Gasteiger charge is -2.41. The maximum Gasteiger partial charge on any atom is 0.406 e. The first-order valence-corrected chi connectivity index (χ1v) is 17.4. The number of nitrogens with zero attached hydrogens (tertiary/aromatic N) is 3. The number of anilines is 2. The van der Waals surface area contributed by atoms with E-state index >= 15 is 0 Å². The van der Waals surface area contributed by atoms with Gasteiger partial charge < -0.3 is 29.7 Å². The van der Waals surface area contributed by atoms with Crippen molar-refractivity contribution in [1.29, 1.82) is 0 Å². The minimum absolute atomic E-state index is 0.0156. The predicted molar refractivity (Wildman–Crippen MR) is 173 cm³/mol. The highest BCUT2D eigenvalue weighted by molar-refractivity contribution is 7.90. The molecule has 2 aromatic carbocycles. The molecular formula is C33H41F4N5O3S. The molecule has 3 aromatic rings. The highest BCUT2D eigenvalue weighted by atomic mass is 32.2. The molecule has 250 valence electrons. The zero-order valence-electron chi connectivity index (χ0n) is 26.2. The molecule has 0 amide bonds. The molecule has 5 rings (SSSR count). The van der Waals surface area contributed by atoms with Crippen LogP contribution < -0.4 is 15.4 Å². The lowest BCUT2D eigenvalue weighted by atomic mass is 9.97. The van der Waals surface area contributed by atoms with Gasteiger partial charge >= 0.3 is 6.18 Å². The van der Waals surface area contributed by atoms with Crippen LogP contribution in [0.25, 0.3) is 10.9 Å². The molecule has 2 fully saturated rings. The molecule has 2 aliphatic rings. The van der Waals surface area contributed by atoms with Crippen molar-refractivity contribution in [1.82, 2.24) is 14.4 Å². The van der Waals surface area contributed by atoms with Gasteiger partial charge in [-0.1, -0.05) is 12.0 Å². The van der Waals surface area contributed by atoms with Gasteiger partial charge in [-0.2, -0.15) is 13.2 Å². The number of hydrogen-bond donors (Lipinski definition) is 2. The number of ether oxygens (including phenoxy) is 1. The van der Waals surface area contributed by atoms with Crippen LogP contribution >= 0.6 is 0 Å². The highest BCUT2D eigenvalue weighted by Crippen LogP contribution is 2.32. The Hall–Kier alpha value is -3.47. The molecule has 13 heteroatoms. The summed E-state index contributed by atoms with van der Waals surface area (Å²) in [5, 5.41) is 7.29. The van der Waals surface area contributed by atoms with Gasteiger partial charge in [0.1, 0.15) is 25.6 Å². The number of halogens is 4. The van der Waals surface area contributed by atoms with E-state index in [1.807, 2.05) is 6.07 Å². The minimum atomic E-state index is -4.45. The Balaban J connectivity index is 1.32. The topological polar surface area (TPSA) is 78.8 Å². The number of rotatable bonds is 10. The summed E-state index contributed by atoms with van der Waals surface area (Å²) in [4.78, 5) is 4.97. The molecule has 0 atom stereocenters. The van der Waals surface area contributed by atoms with Crippen LogP contribution in [-0.2, 0) is 16.4 Å². The van der Waals surface area contributed by atoms with E-state index in [-0.39, 0.29) is 35.5 Å². The number of nitrogens with one attached hydrogen (secondary N) is 2. The Morgan fingerprint density at radius 3 is 2.41 bits per heavy atom. The number of hydrogen-bond acceptors (Lipinski definition) is 7. The van der Waals surface area contributed by atoms with E-state index in [2.05, 4.69) is 39.3 Å². The number of benzene rings is 2. The molecule has 3 heterocycles. The number of fused-ring (bicyclic) bond motifs is 1. The van der Waals surface area contributed by atoms with Crippen LogP contribution in [0.5, 0.6) is 5.75 Å². The van der Waals surface area contributed by atoms with Gasteiger partial charge in [0.25, 0.3) is 0 Å². The smallest absolute Gasteiger partial charge is 0.406 e. The molecule has 8 nitrogen and oxygen atoms in total. The Labute approximate surface area is 268 Å². The largest absolute Gasteiger partial charge is 0.489 e. The molecule has 2 saturated heterocycles. The SMILES string of the molecule is CN1CCC(N2CCC(Nc3cccc4c3cc(C#CCNc3ccc(S(C)(=O)=O)cc3OCCF)n4CC(F)(F)F)CC2)CC1. The number of piperidine rings is 2. The maximum absolute atomic E-state index is 13.7. The van der Waals surface area contributed by atoms with Gasteiger partial charge in [0.05, 0.1) is 28.3 Å². The first kappa shape index (κ1) is 33.9. The van der Waals surface area contributed by atoms with Crippen LogP contribution in [0, 0.1) is 11.8 Å². The summed E-state index contributed by atoms with van der Waals surface area (Å²) in [6.45, 7) is 2.06. The fraction of sp³-hybridized carbons (Fsp3) is 0.515. The molecule has 46 heavy (non-hydrogen) atoms. The molecule has 0 aliphatic carbocycles. The Morgan fingerprint density at radius 2 is 1.74 bits per heavy atom. The van der Waals surface area contributed by atoms with E-state index in [0.29, 0.717) is 22.6 Å². The van der Waals surface area contributed by atoms with Gasteiger partial charge in [-0.25, -0.2) is 12.8 Å². The molecule has 0 bridgehead atoms. The highest BCUT2D eigenvalue weighted by Gasteiger charge is 2.31. The lowest BCUT2D eigenvalue weighted by Crippen LogP contribution is -2.48. The predicted octanol–water partition coefficient (Wildman–Crippen LogP) is 5.39. The third-order valence-corrected chi connectivity index (χ3v) is 9.79. The van der Waals surface area contributed by atoms with Crippen molar-refractivity contribution in [2.75, 3.05) is 69.9 Å². The summed E-state index contributed by atoms with van der Waals surface area (Å²) in [5.41, 5.74) is 1.85. The van der Waals surface area contributed by atoms with Gasteiger partial charge in [0.15, 0.2) is 9.84 Å². The first-order chi connectivity index (χ1) is 21.9. The monoisotopic (exact) mass is 663 g/mol. The molecule has 1 aromatic heterocycles. The van der Waals surface area contributed by atoms with E-state index < -0.39 is 29.2 Å². The second kappa shape index (κ2) is 14.5. The molecule has 2 N–H and O–H groups in total. The van der Waals surface area contributed by atoms with E-state index in [9.17, 15) is 26.0 Å². The van der Waals surface area contributed by atoms with Gasteiger partial charge in [0.2, 0.25) is 0 Å². The van der Waals surface area contributed by atoms with Crippen LogP contribution in [0.4, 0.5) is 28.9 Å². The van der Waals surface area contributed by atoms with Crippen molar-refractivity contribution in [3.63, 3.8) is 0 Å². The van der Waals surface area contributed by atoms with Gasteiger partial charge in [-0.3, -0.25) is 0 Å². The standard InChI is InChI=1S/C33H41F4N5O3S/c1-40-16-12-25(13-17-40)41-18-10-24(11-19-41)39-29-6-3-7-31-28(29)21-26(42(31)23-33(35,36)37)5-4-15-38-30-9-8-27(46(2,43)44)22-32(30)45-20-14-34/h3,6-9,21-22,24-25,38-39H,10-20,23H2,1-2H3. The first-order valence-electron chi connectivity index (χ1n) is 15.5. The van der Waals surface area contributed by atoms with Crippen molar-refractivity contribution in [3.8, 4) is 17.6 Å². The normalized spacial score (nSPS) is 17.5. The van der Waals surface area contributed by atoms with Crippen LogP contribution in [0.3, 0.4) is 0 Å². The second-order valence-corrected chi connectivity index (χ2v) is 14.1. The average molecular weight is 664 g/mol. The van der Waals surface area contributed by atoms with Crippen molar-refractivity contribution in [3.05, 3.63) is 48.2 Å². The molecule has 2 aliphatic heterocycles. The van der Waals surface area contributed by atoms with Crippen molar-refractivity contribution in [2.24, 2.45) is 0 Å². The van der Waals surface area contributed by atoms with Crippen LogP contribution in [0.1, 0.15) is 31.4 Å². The summed E-state index contributed by atoms with van der Waals surface area (Å²) in [5.74, 6) is 5.90. The van der Waals surface area contributed by atoms with Crippen molar-refractivity contribution >= 4 is 32.1 Å². The van der Waals surface area contributed by atoms with Crippen LogP contribution in [0.2, 0.25) is 0 Å². The van der Waals surface area contributed by atoms with E-state index in [1.165, 1.54) is 35.6 Å². The van der Waals surface area contributed by atoms with Gasteiger partial charge in [-0.05, 0) is 82.1 Å². The third kappa shape index (κ3) is 8.66. The fourth-order valence-corrected chi connectivity index (χ4v) is 6.91. The number of alkyl halides is 4. The summed E-state index contributed by atoms with van der Waals surface area (Å²) in [6, 6.07) is 12.1. The van der Waals surface area contributed by atoms with Crippen LogP contribution in [-0.4, -0.2) is 100 Å². The molecule has 0 unspecified atom stereocenters. The van der Waals surface area contributed by atoms with Crippen LogP contribution in [0.15, 0.2) is 47.4 Å². The lowest BCUT2D eigenvalue weighted by molar-refractivity contribution is -0.140. The molecule has 0 spiro atoms. The molecule has 0 saturated carbocycles. The Bertz CT molecular complexity index is 1670. The number of sulfone groups is 1. The van der Waals surface area contributed by atoms with E-state index in [4.69, 9.17) is 4.74 Å². The average Bonchev–Trinajstić information content (AvgIpc) is 3.35. The summed E-state index contributed by atoms with van der Waals surface area (Å²) in [7, 11) is -1.35. The number of aromatic nitrogens is 1. The zero-order chi connectivity index (χ0) is 32.9. The summed E-state index contributed by atoms with van der Waals surface area (Å²) in [6.07, 6.45) is 0.904. The molecular weight excluding hydrogens is 622 g/mol. The summed E-state index contributed by atoms with van der Waals surface area (Å²) < 4.78 is 84.3. The minimum Gasteiger partial charge on any atom is -0.489 e. The fourth-order valence-electron chi connectivity index (χ4n) is 6.27. The van der Waals surface area contributed by atoms with Crippen molar-refractivity contribution in [2.45, 2.75) is 55.4 Å². The second-order valence-electron chi connectivity index (χ2n) is 12.1. The van der Waals surface area contributed by atoms with Crippen molar-refractivity contribution < 1.29 is 30.7 Å². The van der Waals surface area contributed by atoms with E-state index in [0.717, 1.165) is 51.0 Å². The Kier molecular flexibility index (Phi) is 10.7. The summed E-state index contributed by atoms with van der Waals surface area (Å²) >= 11 is 0. The Morgan fingerprint density at radius 1 is 1.00 bits per heavy atom. The van der Waals surface area contributed by atoms with Gasteiger partial charge in [0, 0.05) is 48.6 Å². The van der Waals surface area contributed by atoms with Gasteiger partial charge in [-0.15, -0.1) is 0 Å². The molecule has 0 radical (unpaired) electrons. The maximum atomic E-state index is 13.7. The number of likely N-dealkylation sites (tertiary alicyclic amines) is 2. The zero-order valence-corrected chi connectivity index (χ0v) is 27.0. The quantitative estimate of drug-likeness (QED) is 0.223. The van der Waals surface area contributed by atoms with E-state index in [1.54, 1.807) is 18.2 Å².